The third kappa shape index (κ3) is 4.59. The monoisotopic (exact) mass is 397 g/mol. The number of rotatable bonds is 7. The Kier molecular flexibility index (Phi) is 6.71. The van der Waals surface area contributed by atoms with Crippen LogP contribution in [0.25, 0.3) is 6.08 Å². The van der Waals surface area contributed by atoms with E-state index in [1.165, 1.54) is 33.5 Å². The van der Waals surface area contributed by atoms with Crippen molar-refractivity contribution in [1.82, 2.24) is 0 Å². The zero-order chi connectivity index (χ0) is 19.3. The largest absolute Gasteiger partial charge is 0.493 e. The van der Waals surface area contributed by atoms with Crippen molar-refractivity contribution in [3.05, 3.63) is 67.3 Å². The summed E-state index contributed by atoms with van der Waals surface area (Å²) in [5.74, 6) is 1.27. The third-order valence-corrected chi connectivity index (χ3v) is 4.19. The fourth-order valence-electron chi connectivity index (χ4n) is 2.41. The summed E-state index contributed by atoms with van der Waals surface area (Å²) in [6.07, 6.45) is 1.46. The molecule has 0 saturated carbocycles. The lowest BCUT2D eigenvalue weighted by Gasteiger charge is -2.13. The molecule has 0 aliphatic heterocycles. The van der Waals surface area contributed by atoms with Crippen molar-refractivity contribution < 1.29 is 19.1 Å². The third-order valence-electron chi connectivity index (χ3n) is 3.63. The summed E-state index contributed by atoms with van der Waals surface area (Å²) >= 11 is 12.0. The summed E-state index contributed by atoms with van der Waals surface area (Å²) in [6, 6.07) is 8.12. The van der Waals surface area contributed by atoms with E-state index in [1.807, 2.05) is 0 Å². The second-order valence-corrected chi connectivity index (χ2v) is 6.11. The SMILES string of the molecule is COc1cc(C/C(=C/c2ccc(Cl)cc2Cl)[N+](=O)[O-])cc(OC)c1OC. The van der Waals surface area contributed by atoms with Gasteiger partial charge in [0, 0.05) is 16.1 Å². The fraction of sp³-hybridized carbons (Fsp3) is 0.222. The molecule has 138 valence electrons. The Morgan fingerprint density at radius 2 is 1.69 bits per heavy atom. The number of nitrogens with zero attached hydrogens (tertiary/aromatic N) is 1. The van der Waals surface area contributed by atoms with E-state index in [-0.39, 0.29) is 12.1 Å². The standard InChI is InChI=1S/C18H17Cl2NO5/c1-24-16-7-11(8-17(25-2)18(16)26-3)6-14(21(22)23)9-12-4-5-13(19)10-15(12)20/h4-5,7-10H,6H2,1-3H3/b14-9-. The Hall–Kier alpha value is -2.44. The van der Waals surface area contributed by atoms with Crippen molar-refractivity contribution in [2.24, 2.45) is 0 Å². The van der Waals surface area contributed by atoms with Crippen molar-refractivity contribution in [1.29, 1.82) is 0 Å². The maximum Gasteiger partial charge on any atom is 0.251 e. The number of halogens is 2. The molecule has 0 heterocycles. The topological polar surface area (TPSA) is 70.8 Å². The highest BCUT2D eigenvalue weighted by Crippen LogP contribution is 2.38. The van der Waals surface area contributed by atoms with Crippen LogP contribution >= 0.6 is 23.2 Å². The number of hydrogen-bond donors (Lipinski definition) is 0. The van der Waals surface area contributed by atoms with Gasteiger partial charge in [0.1, 0.15) is 0 Å². The van der Waals surface area contributed by atoms with E-state index < -0.39 is 4.92 Å². The first kappa shape index (κ1) is 19.9. The lowest BCUT2D eigenvalue weighted by molar-refractivity contribution is -0.425. The highest BCUT2D eigenvalue weighted by atomic mass is 35.5. The molecule has 0 bridgehead atoms. The smallest absolute Gasteiger partial charge is 0.251 e. The maximum absolute atomic E-state index is 11.5. The van der Waals surface area contributed by atoms with Crippen LogP contribution in [0.15, 0.2) is 36.0 Å². The molecule has 0 saturated heterocycles. The summed E-state index contributed by atoms with van der Waals surface area (Å²) in [6.45, 7) is 0. The first-order valence-electron chi connectivity index (χ1n) is 7.48. The van der Waals surface area contributed by atoms with E-state index in [0.717, 1.165) is 0 Å². The van der Waals surface area contributed by atoms with E-state index in [4.69, 9.17) is 37.4 Å². The van der Waals surface area contributed by atoms with Crippen LogP contribution in [0.4, 0.5) is 0 Å². The Bertz CT molecular complexity index is 826. The molecule has 2 rings (SSSR count). The van der Waals surface area contributed by atoms with Gasteiger partial charge in [0.05, 0.1) is 32.7 Å². The van der Waals surface area contributed by atoms with E-state index in [1.54, 1.807) is 24.3 Å². The van der Waals surface area contributed by atoms with Gasteiger partial charge in [-0.2, -0.15) is 0 Å². The molecule has 0 radical (unpaired) electrons. The summed E-state index contributed by atoms with van der Waals surface area (Å²) in [5.41, 5.74) is 1.10. The zero-order valence-corrected chi connectivity index (χ0v) is 15.9. The van der Waals surface area contributed by atoms with Crippen LogP contribution in [0, 0.1) is 10.1 Å². The molecule has 0 atom stereocenters. The van der Waals surface area contributed by atoms with Crippen molar-refractivity contribution in [3.8, 4) is 17.2 Å². The van der Waals surface area contributed by atoms with Gasteiger partial charge in [-0.15, -0.1) is 0 Å². The van der Waals surface area contributed by atoms with Crippen LogP contribution in [0.1, 0.15) is 11.1 Å². The van der Waals surface area contributed by atoms with Gasteiger partial charge in [0.15, 0.2) is 11.5 Å². The van der Waals surface area contributed by atoms with Crippen LogP contribution in [0.5, 0.6) is 17.2 Å². The molecule has 2 aromatic rings. The van der Waals surface area contributed by atoms with Gasteiger partial charge in [-0.25, -0.2) is 0 Å². The van der Waals surface area contributed by atoms with E-state index in [9.17, 15) is 10.1 Å². The maximum atomic E-state index is 11.5. The number of allylic oxidation sites excluding steroid dienone is 1. The lowest BCUT2D eigenvalue weighted by atomic mass is 10.1. The minimum Gasteiger partial charge on any atom is -0.493 e. The Morgan fingerprint density at radius 1 is 1.08 bits per heavy atom. The van der Waals surface area contributed by atoms with Crippen molar-refractivity contribution in [2.45, 2.75) is 6.42 Å². The molecule has 0 amide bonds. The number of nitro groups is 1. The predicted octanol–water partition coefficient (Wildman–Crippen LogP) is 4.88. The van der Waals surface area contributed by atoms with Gasteiger partial charge < -0.3 is 14.2 Å². The van der Waals surface area contributed by atoms with Gasteiger partial charge in [-0.05, 0) is 35.4 Å². The second kappa shape index (κ2) is 8.78. The normalized spacial score (nSPS) is 11.2. The molecule has 6 nitrogen and oxygen atoms in total. The Balaban J connectivity index is 2.45. The van der Waals surface area contributed by atoms with E-state index >= 15 is 0 Å². The van der Waals surface area contributed by atoms with Crippen molar-refractivity contribution in [3.63, 3.8) is 0 Å². The minimum atomic E-state index is -0.450. The molecule has 8 heteroatoms. The summed E-state index contributed by atoms with van der Waals surface area (Å²) < 4.78 is 15.8. The van der Waals surface area contributed by atoms with Gasteiger partial charge in [0.2, 0.25) is 5.75 Å². The molecule has 0 aliphatic rings. The van der Waals surface area contributed by atoms with Gasteiger partial charge in [-0.1, -0.05) is 29.3 Å². The predicted molar refractivity (Wildman–Crippen MR) is 101 cm³/mol. The average molecular weight is 398 g/mol. The van der Waals surface area contributed by atoms with Crippen LogP contribution in [0.3, 0.4) is 0 Å². The van der Waals surface area contributed by atoms with Crippen molar-refractivity contribution >= 4 is 29.3 Å². The molecule has 0 unspecified atom stereocenters. The first-order valence-corrected chi connectivity index (χ1v) is 8.24. The molecule has 26 heavy (non-hydrogen) atoms. The lowest BCUT2D eigenvalue weighted by Crippen LogP contribution is -2.04. The van der Waals surface area contributed by atoms with Crippen LogP contribution in [-0.4, -0.2) is 26.3 Å². The second-order valence-electron chi connectivity index (χ2n) is 5.27. The van der Waals surface area contributed by atoms with Crippen LogP contribution < -0.4 is 14.2 Å². The van der Waals surface area contributed by atoms with Gasteiger partial charge >= 0.3 is 0 Å². The molecule has 0 fully saturated rings. The average Bonchev–Trinajstić information content (AvgIpc) is 2.62. The molecular weight excluding hydrogens is 381 g/mol. The highest BCUT2D eigenvalue weighted by Gasteiger charge is 2.18. The highest BCUT2D eigenvalue weighted by molar-refractivity contribution is 6.35. The van der Waals surface area contributed by atoms with E-state index in [2.05, 4.69) is 0 Å². The number of hydrogen-bond acceptors (Lipinski definition) is 5. The minimum absolute atomic E-state index is 0.0384. The van der Waals surface area contributed by atoms with Gasteiger partial charge in [-0.3, -0.25) is 10.1 Å². The van der Waals surface area contributed by atoms with Crippen LogP contribution in [0.2, 0.25) is 10.0 Å². The van der Waals surface area contributed by atoms with E-state index in [0.29, 0.717) is 38.4 Å². The van der Waals surface area contributed by atoms with Crippen LogP contribution in [-0.2, 0) is 6.42 Å². The zero-order valence-electron chi connectivity index (χ0n) is 14.4. The summed E-state index contributed by atoms with van der Waals surface area (Å²) in [5, 5.41) is 12.3. The molecule has 0 aromatic heterocycles. The fourth-order valence-corrected chi connectivity index (χ4v) is 2.88. The van der Waals surface area contributed by atoms with Gasteiger partial charge in [0.25, 0.3) is 5.70 Å². The summed E-state index contributed by atoms with van der Waals surface area (Å²) in [4.78, 5) is 11.0. The molecule has 0 aliphatic carbocycles. The Labute approximate surface area is 161 Å². The Morgan fingerprint density at radius 3 is 2.15 bits per heavy atom. The summed E-state index contributed by atoms with van der Waals surface area (Å²) in [7, 11) is 4.46. The van der Waals surface area contributed by atoms with Crippen molar-refractivity contribution in [2.75, 3.05) is 21.3 Å². The molecule has 0 N–H and O–H groups in total. The molecule has 2 aromatic carbocycles. The molecule has 0 spiro atoms. The number of benzene rings is 2. The number of ether oxygens (including phenoxy) is 3. The quantitative estimate of drug-likeness (QED) is 0.491. The molecular formula is C18H17Cl2NO5. The number of methoxy groups -OCH3 is 3. The first-order chi connectivity index (χ1) is 12.4.